The number of hydrogen-bond donors (Lipinski definition) is 2. The number of rotatable bonds is 6. The fourth-order valence-electron chi connectivity index (χ4n) is 2.74. The van der Waals surface area contributed by atoms with Gasteiger partial charge in [0, 0.05) is 29.4 Å². The lowest BCUT2D eigenvalue weighted by Crippen LogP contribution is -2.23. The number of nitrogens with zero attached hydrogens (tertiary/aromatic N) is 2. The molecule has 0 saturated carbocycles. The summed E-state index contributed by atoms with van der Waals surface area (Å²) in [6, 6.07) is 4.11. The van der Waals surface area contributed by atoms with E-state index in [1.165, 1.54) is 0 Å². The first-order valence-corrected chi connectivity index (χ1v) is 9.48. The van der Waals surface area contributed by atoms with Crippen molar-refractivity contribution in [2.45, 2.75) is 24.3 Å². The van der Waals surface area contributed by atoms with E-state index in [9.17, 15) is 30.8 Å². The third kappa shape index (κ3) is 3.95. The van der Waals surface area contributed by atoms with Gasteiger partial charge in [0.25, 0.3) is 22.0 Å². The molecule has 0 atom stereocenters. The second kappa shape index (κ2) is 7.59. The molecular formula is C17H12F4N4O3S. The molecule has 0 aliphatic heterocycles. The van der Waals surface area contributed by atoms with Crippen LogP contribution in [-0.4, -0.2) is 24.4 Å². The third-order valence-electron chi connectivity index (χ3n) is 4.05. The first kappa shape index (κ1) is 20.4. The number of H-pyrrole nitrogens is 1. The van der Waals surface area contributed by atoms with E-state index in [2.05, 4.69) is 4.98 Å². The normalized spacial score (nSPS) is 11.7. The maximum atomic E-state index is 14.1. The molecule has 7 nitrogen and oxygen atoms in total. The Morgan fingerprint density at radius 3 is 2.62 bits per heavy atom. The first-order valence-electron chi connectivity index (χ1n) is 8.00. The summed E-state index contributed by atoms with van der Waals surface area (Å²) in [5, 5.41) is 8.48. The highest BCUT2D eigenvalue weighted by molar-refractivity contribution is 7.93. The molecule has 1 aromatic carbocycles. The highest BCUT2D eigenvalue weighted by Crippen LogP contribution is 2.26. The van der Waals surface area contributed by atoms with Gasteiger partial charge in [0.05, 0.1) is 24.7 Å². The zero-order valence-electron chi connectivity index (χ0n) is 14.4. The van der Waals surface area contributed by atoms with Gasteiger partial charge in [-0.1, -0.05) is 0 Å². The molecule has 0 aliphatic carbocycles. The molecule has 3 aromatic rings. The molecule has 0 unspecified atom stereocenters. The fourth-order valence-corrected chi connectivity index (χ4v) is 3.97. The number of sulfonamides is 1. The van der Waals surface area contributed by atoms with Crippen molar-refractivity contribution in [1.82, 2.24) is 9.55 Å². The predicted octanol–water partition coefficient (Wildman–Crippen LogP) is 2.74. The van der Waals surface area contributed by atoms with Crippen molar-refractivity contribution >= 4 is 26.6 Å². The van der Waals surface area contributed by atoms with Crippen LogP contribution >= 0.6 is 0 Å². The van der Waals surface area contributed by atoms with E-state index in [0.717, 1.165) is 23.0 Å². The van der Waals surface area contributed by atoms with Crippen LogP contribution in [0.25, 0.3) is 10.9 Å². The van der Waals surface area contributed by atoms with Crippen molar-refractivity contribution in [3.05, 3.63) is 58.1 Å². The predicted molar refractivity (Wildman–Crippen MR) is 95.0 cm³/mol. The van der Waals surface area contributed by atoms with Crippen LogP contribution in [0.5, 0.6) is 0 Å². The number of aromatic amines is 1. The Labute approximate surface area is 161 Å². The van der Waals surface area contributed by atoms with Gasteiger partial charge in [-0.3, -0.25) is 9.52 Å². The Kier molecular flexibility index (Phi) is 5.34. The van der Waals surface area contributed by atoms with Crippen molar-refractivity contribution in [3.63, 3.8) is 0 Å². The molecule has 2 N–H and O–H groups in total. The molecule has 0 amide bonds. The maximum Gasteiger partial charge on any atom is 0.275 e. The zero-order chi connectivity index (χ0) is 21.3. The molecule has 2 heterocycles. The summed E-state index contributed by atoms with van der Waals surface area (Å²) in [4.78, 5) is 14.2. The number of alkyl halides is 2. The number of aromatic nitrogens is 2. The number of anilines is 1. The lowest BCUT2D eigenvalue weighted by Gasteiger charge is -2.10. The van der Waals surface area contributed by atoms with E-state index in [4.69, 9.17) is 5.26 Å². The first-order chi connectivity index (χ1) is 13.6. The van der Waals surface area contributed by atoms with Crippen molar-refractivity contribution in [2.75, 3.05) is 4.72 Å². The average molecular weight is 428 g/mol. The molecule has 0 radical (unpaired) electrons. The minimum atomic E-state index is -4.46. The van der Waals surface area contributed by atoms with Crippen LogP contribution in [-0.2, 0) is 23.0 Å². The van der Waals surface area contributed by atoms with E-state index in [0.29, 0.717) is 12.1 Å². The Balaban J connectivity index is 2.02. The Morgan fingerprint density at radius 1 is 1.24 bits per heavy atom. The van der Waals surface area contributed by atoms with Crippen molar-refractivity contribution in [3.8, 4) is 6.07 Å². The monoisotopic (exact) mass is 428 g/mol. The summed E-state index contributed by atoms with van der Waals surface area (Å²) in [5.74, 6) is -2.07. The van der Waals surface area contributed by atoms with Gasteiger partial charge in [0.2, 0.25) is 0 Å². The molecular weight excluding hydrogens is 416 g/mol. The molecule has 0 bridgehead atoms. The van der Waals surface area contributed by atoms with Crippen LogP contribution in [0.4, 0.5) is 23.2 Å². The molecule has 3 rings (SSSR count). The summed E-state index contributed by atoms with van der Waals surface area (Å²) in [7, 11) is -4.46. The molecule has 0 spiro atoms. The number of pyridine rings is 1. The average Bonchev–Trinajstić information content (AvgIpc) is 3.07. The second-order valence-electron chi connectivity index (χ2n) is 5.97. The van der Waals surface area contributed by atoms with Crippen LogP contribution in [0.2, 0.25) is 0 Å². The number of nitrogens with one attached hydrogen (secondary N) is 2. The van der Waals surface area contributed by atoms with Crippen molar-refractivity contribution in [2.24, 2.45) is 0 Å². The van der Waals surface area contributed by atoms with Gasteiger partial charge in [-0.2, -0.15) is 5.26 Å². The standard InChI is InChI=1S/C17H12F4N4O3S/c18-11-6-13(12(19)5-9(11)1-3-22)24-29(27,28)14-7-23-16-10(14)2-4-25(17(16)26)8-15(20)21/h2,4-7,15,23-24H,1,8H2. The molecule has 2 aromatic heterocycles. The SMILES string of the molecule is N#CCc1cc(F)c(NS(=O)(=O)c2c[nH]c3c(=O)n(CC(F)F)ccc23)cc1F. The van der Waals surface area contributed by atoms with Crippen LogP contribution in [0.3, 0.4) is 0 Å². The van der Waals surface area contributed by atoms with E-state index < -0.39 is 57.2 Å². The van der Waals surface area contributed by atoms with Crippen LogP contribution in [0, 0.1) is 23.0 Å². The van der Waals surface area contributed by atoms with E-state index >= 15 is 0 Å². The second-order valence-corrected chi connectivity index (χ2v) is 7.62. The van der Waals surface area contributed by atoms with E-state index in [-0.39, 0.29) is 16.5 Å². The lowest BCUT2D eigenvalue weighted by atomic mass is 10.1. The van der Waals surface area contributed by atoms with Gasteiger partial charge in [-0.05, 0) is 12.1 Å². The van der Waals surface area contributed by atoms with Gasteiger partial charge < -0.3 is 9.55 Å². The Hall–Kier alpha value is -3.33. The smallest absolute Gasteiger partial charge is 0.275 e. The zero-order valence-corrected chi connectivity index (χ0v) is 15.2. The number of benzene rings is 1. The summed E-state index contributed by atoms with van der Waals surface area (Å²) in [6.45, 7) is -0.867. The van der Waals surface area contributed by atoms with Crippen molar-refractivity contribution in [1.29, 1.82) is 5.26 Å². The summed E-state index contributed by atoms with van der Waals surface area (Å²) in [5.41, 5.74) is -2.02. The largest absolute Gasteiger partial charge is 0.355 e. The topological polar surface area (TPSA) is 108 Å². The summed E-state index contributed by atoms with van der Waals surface area (Å²) >= 11 is 0. The van der Waals surface area contributed by atoms with Gasteiger partial charge in [-0.25, -0.2) is 26.0 Å². The van der Waals surface area contributed by atoms with Gasteiger partial charge >= 0.3 is 0 Å². The molecule has 29 heavy (non-hydrogen) atoms. The van der Waals surface area contributed by atoms with Crippen LogP contribution < -0.4 is 10.3 Å². The van der Waals surface area contributed by atoms with E-state index in [1.54, 1.807) is 6.07 Å². The molecule has 0 fully saturated rings. The number of halogens is 4. The third-order valence-corrected chi connectivity index (χ3v) is 5.46. The molecule has 12 heteroatoms. The highest BCUT2D eigenvalue weighted by Gasteiger charge is 2.23. The van der Waals surface area contributed by atoms with Gasteiger partial charge in [0.15, 0.2) is 0 Å². The lowest BCUT2D eigenvalue weighted by molar-refractivity contribution is 0.125. The summed E-state index contributed by atoms with van der Waals surface area (Å²) < 4.78 is 81.0. The Bertz CT molecular complexity index is 1290. The van der Waals surface area contributed by atoms with Crippen molar-refractivity contribution < 1.29 is 26.0 Å². The molecule has 152 valence electrons. The number of hydrogen-bond acceptors (Lipinski definition) is 4. The van der Waals surface area contributed by atoms with E-state index in [1.807, 2.05) is 4.72 Å². The van der Waals surface area contributed by atoms with Crippen LogP contribution in [0.15, 0.2) is 40.3 Å². The van der Waals surface area contributed by atoms with Crippen LogP contribution in [0.1, 0.15) is 5.56 Å². The maximum absolute atomic E-state index is 14.1. The quantitative estimate of drug-likeness (QED) is 0.589. The minimum Gasteiger partial charge on any atom is -0.355 e. The number of fused-ring (bicyclic) bond motifs is 1. The fraction of sp³-hybridized carbons (Fsp3) is 0.176. The molecule has 0 aliphatic rings. The van der Waals surface area contributed by atoms with Gasteiger partial charge in [0.1, 0.15) is 22.0 Å². The minimum absolute atomic E-state index is 0.102. The Morgan fingerprint density at radius 2 is 1.97 bits per heavy atom. The highest BCUT2D eigenvalue weighted by atomic mass is 32.2. The molecule has 0 saturated heterocycles. The van der Waals surface area contributed by atoms with Gasteiger partial charge in [-0.15, -0.1) is 0 Å². The summed E-state index contributed by atoms with van der Waals surface area (Å²) in [6.07, 6.45) is -1.23. The number of nitriles is 1.